The predicted octanol–water partition coefficient (Wildman–Crippen LogP) is -0.290. The first-order valence-electron chi connectivity index (χ1n) is 2.71. The van der Waals surface area contributed by atoms with Crippen LogP contribution in [0.4, 0.5) is 0 Å². The standard InChI is InChI=1S/C5H11N2/c1-4-2-5(6)3-7-4/h4-5H,2-3,6H2,1H3/t4-,5-/m0/s1. The first-order chi connectivity index (χ1) is 3.29. The summed E-state index contributed by atoms with van der Waals surface area (Å²) in [4.78, 5) is 0. The summed E-state index contributed by atoms with van der Waals surface area (Å²) in [7, 11) is 0. The van der Waals surface area contributed by atoms with E-state index in [1.165, 1.54) is 0 Å². The molecule has 1 fully saturated rings. The summed E-state index contributed by atoms with van der Waals surface area (Å²) in [5.74, 6) is 0. The van der Waals surface area contributed by atoms with Crippen molar-refractivity contribution in [2.75, 3.05) is 6.54 Å². The molecule has 0 unspecified atom stereocenters. The average Bonchev–Trinajstić information content (AvgIpc) is 1.87. The van der Waals surface area contributed by atoms with E-state index in [2.05, 4.69) is 12.2 Å². The molecule has 0 bridgehead atoms. The van der Waals surface area contributed by atoms with E-state index in [1.54, 1.807) is 0 Å². The molecule has 2 heteroatoms. The highest BCUT2D eigenvalue weighted by molar-refractivity contribution is 4.79. The maximum Gasteiger partial charge on any atom is 0.0289 e. The van der Waals surface area contributed by atoms with Crippen molar-refractivity contribution < 1.29 is 0 Å². The van der Waals surface area contributed by atoms with Crippen LogP contribution in [0, 0.1) is 0 Å². The summed E-state index contributed by atoms with van der Waals surface area (Å²) in [6.45, 7) is 2.98. The van der Waals surface area contributed by atoms with Crippen molar-refractivity contribution in [1.82, 2.24) is 5.32 Å². The van der Waals surface area contributed by atoms with E-state index in [1.807, 2.05) is 0 Å². The molecule has 0 aromatic carbocycles. The van der Waals surface area contributed by atoms with Gasteiger partial charge in [0.2, 0.25) is 0 Å². The predicted molar refractivity (Wildman–Crippen MR) is 29.1 cm³/mol. The van der Waals surface area contributed by atoms with E-state index in [4.69, 9.17) is 5.73 Å². The van der Waals surface area contributed by atoms with Gasteiger partial charge in [0, 0.05) is 18.6 Å². The van der Waals surface area contributed by atoms with Gasteiger partial charge in [-0.05, 0) is 13.3 Å². The quantitative estimate of drug-likeness (QED) is 0.445. The van der Waals surface area contributed by atoms with Crippen molar-refractivity contribution in [3.05, 3.63) is 0 Å². The molecule has 0 aliphatic carbocycles. The Morgan fingerprint density at radius 1 is 1.71 bits per heavy atom. The van der Waals surface area contributed by atoms with E-state index < -0.39 is 0 Å². The highest BCUT2D eigenvalue weighted by Gasteiger charge is 2.16. The zero-order valence-electron chi connectivity index (χ0n) is 4.59. The number of nitrogens with two attached hydrogens (primary N) is 1. The highest BCUT2D eigenvalue weighted by Crippen LogP contribution is 2.03. The van der Waals surface area contributed by atoms with Crippen molar-refractivity contribution in [2.45, 2.75) is 25.4 Å². The lowest BCUT2D eigenvalue weighted by Gasteiger charge is -1.94. The maximum atomic E-state index is 5.53. The van der Waals surface area contributed by atoms with Crippen molar-refractivity contribution in [3.63, 3.8) is 0 Å². The van der Waals surface area contributed by atoms with Crippen LogP contribution in [0.3, 0.4) is 0 Å². The van der Waals surface area contributed by atoms with Crippen LogP contribution in [0.1, 0.15) is 13.3 Å². The van der Waals surface area contributed by atoms with Gasteiger partial charge < -0.3 is 5.73 Å². The minimum Gasteiger partial charge on any atom is -0.326 e. The molecule has 2 atom stereocenters. The van der Waals surface area contributed by atoms with Crippen molar-refractivity contribution in [1.29, 1.82) is 0 Å². The largest absolute Gasteiger partial charge is 0.326 e. The van der Waals surface area contributed by atoms with Crippen LogP contribution < -0.4 is 11.1 Å². The summed E-state index contributed by atoms with van der Waals surface area (Å²) in [5, 5.41) is 4.19. The topological polar surface area (TPSA) is 40.1 Å². The van der Waals surface area contributed by atoms with Crippen LogP contribution in [0.5, 0.6) is 0 Å². The molecule has 7 heavy (non-hydrogen) atoms. The normalized spacial score (nSPS) is 42.0. The molecule has 41 valence electrons. The van der Waals surface area contributed by atoms with E-state index >= 15 is 0 Å². The van der Waals surface area contributed by atoms with Gasteiger partial charge in [-0.25, -0.2) is 5.32 Å². The van der Waals surface area contributed by atoms with Gasteiger partial charge in [0.1, 0.15) is 0 Å². The van der Waals surface area contributed by atoms with Gasteiger partial charge in [-0.3, -0.25) is 0 Å². The first-order valence-corrected chi connectivity index (χ1v) is 2.71. The smallest absolute Gasteiger partial charge is 0.0289 e. The summed E-state index contributed by atoms with van der Waals surface area (Å²) in [6.07, 6.45) is 1.08. The molecule has 0 aromatic heterocycles. The zero-order valence-corrected chi connectivity index (χ0v) is 4.59. The summed E-state index contributed by atoms with van der Waals surface area (Å²) in [6, 6.07) is 0.880. The fraction of sp³-hybridized carbons (Fsp3) is 1.00. The molecule has 0 saturated carbocycles. The molecule has 0 aromatic rings. The summed E-state index contributed by atoms with van der Waals surface area (Å²) >= 11 is 0. The van der Waals surface area contributed by atoms with Gasteiger partial charge in [-0.1, -0.05) is 0 Å². The Morgan fingerprint density at radius 2 is 2.43 bits per heavy atom. The minimum absolute atomic E-state index is 0.356. The monoisotopic (exact) mass is 99.1 g/mol. The van der Waals surface area contributed by atoms with Crippen LogP contribution in [0.25, 0.3) is 0 Å². The van der Waals surface area contributed by atoms with Crippen molar-refractivity contribution >= 4 is 0 Å². The molecule has 1 radical (unpaired) electrons. The Hall–Kier alpha value is -0.0800. The first kappa shape index (κ1) is 5.06. The molecule has 1 aliphatic rings. The van der Waals surface area contributed by atoms with E-state index in [-0.39, 0.29) is 0 Å². The van der Waals surface area contributed by atoms with Crippen LogP contribution in [-0.4, -0.2) is 18.6 Å². The Balaban J connectivity index is 2.26. The average molecular weight is 99.2 g/mol. The fourth-order valence-electron chi connectivity index (χ4n) is 0.903. The maximum absolute atomic E-state index is 5.53. The van der Waals surface area contributed by atoms with Gasteiger partial charge >= 0.3 is 0 Å². The van der Waals surface area contributed by atoms with Crippen molar-refractivity contribution in [2.24, 2.45) is 5.73 Å². The number of rotatable bonds is 0. The molecule has 2 N–H and O–H groups in total. The molecule has 2 nitrogen and oxygen atoms in total. The summed E-state index contributed by atoms with van der Waals surface area (Å²) in [5.41, 5.74) is 5.53. The number of nitrogens with zero attached hydrogens (tertiary/aromatic N) is 1. The Morgan fingerprint density at radius 3 is 2.57 bits per heavy atom. The number of hydrogen-bond acceptors (Lipinski definition) is 1. The van der Waals surface area contributed by atoms with Crippen LogP contribution in [0.2, 0.25) is 0 Å². The molecular weight excluding hydrogens is 88.1 g/mol. The fourth-order valence-corrected chi connectivity index (χ4v) is 0.903. The lowest BCUT2D eigenvalue weighted by molar-refractivity contribution is 0.647. The van der Waals surface area contributed by atoms with Crippen LogP contribution in [0.15, 0.2) is 0 Å². The second-order valence-corrected chi connectivity index (χ2v) is 2.21. The third-order valence-corrected chi connectivity index (χ3v) is 1.30. The van der Waals surface area contributed by atoms with Crippen molar-refractivity contribution in [3.8, 4) is 0 Å². The molecule has 1 rings (SSSR count). The van der Waals surface area contributed by atoms with Gasteiger partial charge in [0.15, 0.2) is 0 Å². The van der Waals surface area contributed by atoms with Crippen LogP contribution in [-0.2, 0) is 0 Å². The van der Waals surface area contributed by atoms with Gasteiger partial charge in [0.05, 0.1) is 0 Å². The van der Waals surface area contributed by atoms with E-state index in [0.717, 1.165) is 13.0 Å². The minimum atomic E-state index is 0.356. The molecule has 0 amide bonds. The molecule has 0 spiro atoms. The molecule has 1 heterocycles. The molecular formula is C5H11N2. The lowest BCUT2D eigenvalue weighted by atomic mass is 10.2. The Bertz CT molecular complexity index is 55.1. The summed E-state index contributed by atoms with van der Waals surface area (Å²) < 4.78 is 0. The third kappa shape index (κ3) is 1.14. The van der Waals surface area contributed by atoms with Gasteiger partial charge in [-0.2, -0.15) is 0 Å². The Labute approximate surface area is 44.1 Å². The third-order valence-electron chi connectivity index (χ3n) is 1.30. The highest BCUT2D eigenvalue weighted by atomic mass is 15.0. The molecule has 1 aliphatic heterocycles. The van der Waals surface area contributed by atoms with E-state index in [0.29, 0.717) is 12.1 Å². The second-order valence-electron chi connectivity index (χ2n) is 2.21. The second kappa shape index (κ2) is 1.80. The lowest BCUT2D eigenvalue weighted by Crippen LogP contribution is -2.19. The molecule has 1 saturated heterocycles. The van der Waals surface area contributed by atoms with Gasteiger partial charge in [0.25, 0.3) is 0 Å². The Kier molecular flexibility index (Phi) is 1.30. The SMILES string of the molecule is C[C@H]1C[C@H](N)C[N]1. The van der Waals surface area contributed by atoms with E-state index in [9.17, 15) is 0 Å². The zero-order chi connectivity index (χ0) is 5.28. The van der Waals surface area contributed by atoms with Gasteiger partial charge in [-0.15, -0.1) is 0 Å². The van der Waals surface area contributed by atoms with Crippen LogP contribution >= 0.6 is 0 Å². The number of hydrogen-bond donors (Lipinski definition) is 1.